The summed E-state index contributed by atoms with van der Waals surface area (Å²) in [5.41, 5.74) is 1.02. The third kappa shape index (κ3) is 4.49. The number of benzene rings is 2. The summed E-state index contributed by atoms with van der Waals surface area (Å²) in [6.45, 7) is 0. The van der Waals surface area contributed by atoms with Crippen LogP contribution in [-0.4, -0.2) is 22.1 Å². The third-order valence-electron chi connectivity index (χ3n) is 3.27. The highest BCUT2D eigenvalue weighted by atomic mass is 35.5. The second-order valence-electron chi connectivity index (χ2n) is 4.97. The van der Waals surface area contributed by atoms with Gasteiger partial charge in [0.25, 0.3) is 5.91 Å². The van der Waals surface area contributed by atoms with Gasteiger partial charge < -0.3 is 10.1 Å². The highest BCUT2D eigenvalue weighted by Crippen LogP contribution is 2.26. The van der Waals surface area contributed by atoms with Gasteiger partial charge in [0, 0.05) is 29.0 Å². The summed E-state index contributed by atoms with van der Waals surface area (Å²) >= 11 is 7.69. The van der Waals surface area contributed by atoms with Crippen LogP contribution in [0.3, 0.4) is 0 Å². The topological polar surface area (TPSA) is 64.1 Å². The zero-order chi connectivity index (χ0) is 17.6. The fourth-order valence-corrected chi connectivity index (χ4v) is 2.74. The van der Waals surface area contributed by atoms with E-state index in [1.54, 1.807) is 60.6 Å². The molecule has 25 heavy (non-hydrogen) atoms. The fourth-order valence-electron chi connectivity index (χ4n) is 2.10. The number of aromatic nitrogens is 2. The molecule has 126 valence electrons. The fraction of sp³-hybridized carbons (Fsp3) is 0.0556. The van der Waals surface area contributed by atoms with Crippen molar-refractivity contribution in [2.75, 3.05) is 11.6 Å². The van der Waals surface area contributed by atoms with Crippen LogP contribution in [0.5, 0.6) is 11.6 Å². The Kier molecular flexibility index (Phi) is 5.53. The van der Waals surface area contributed by atoms with Crippen LogP contribution in [0, 0.1) is 0 Å². The number of halogens is 1. The molecule has 0 aliphatic carbocycles. The predicted octanol–water partition coefficient (Wildman–Crippen LogP) is 4.90. The Labute approximate surface area is 154 Å². The van der Waals surface area contributed by atoms with Crippen molar-refractivity contribution >= 4 is 35.0 Å². The minimum atomic E-state index is -0.280. The Morgan fingerprint density at radius 2 is 2.08 bits per heavy atom. The van der Waals surface area contributed by atoms with E-state index in [0.29, 0.717) is 27.9 Å². The molecule has 1 N–H and O–H groups in total. The van der Waals surface area contributed by atoms with Crippen molar-refractivity contribution in [3.05, 3.63) is 71.6 Å². The first-order valence-electron chi connectivity index (χ1n) is 7.34. The molecule has 3 rings (SSSR count). The van der Waals surface area contributed by atoms with E-state index >= 15 is 0 Å². The van der Waals surface area contributed by atoms with Crippen LogP contribution in [0.1, 0.15) is 10.4 Å². The normalized spacial score (nSPS) is 10.3. The zero-order valence-electron chi connectivity index (χ0n) is 13.3. The summed E-state index contributed by atoms with van der Waals surface area (Å²) in [6, 6.07) is 12.4. The molecule has 2 aromatic carbocycles. The van der Waals surface area contributed by atoms with Crippen LogP contribution in [0.25, 0.3) is 0 Å². The molecule has 0 bridgehead atoms. The van der Waals surface area contributed by atoms with Crippen molar-refractivity contribution in [3.8, 4) is 11.6 Å². The molecule has 0 spiro atoms. The molecule has 5 nitrogen and oxygen atoms in total. The number of hydrogen-bond acceptors (Lipinski definition) is 5. The predicted molar refractivity (Wildman–Crippen MR) is 99.7 cm³/mol. The number of ether oxygens (including phenoxy) is 1. The molecule has 1 aromatic heterocycles. The lowest BCUT2D eigenvalue weighted by atomic mass is 10.2. The van der Waals surface area contributed by atoms with E-state index in [9.17, 15) is 4.79 Å². The number of amides is 1. The second kappa shape index (κ2) is 8.00. The molecule has 0 aliphatic heterocycles. The molecule has 1 amide bonds. The third-order valence-corrected chi connectivity index (χ3v) is 4.33. The zero-order valence-corrected chi connectivity index (χ0v) is 14.8. The maximum absolute atomic E-state index is 12.5. The van der Waals surface area contributed by atoms with Crippen LogP contribution in [0.15, 0.2) is 66.0 Å². The van der Waals surface area contributed by atoms with E-state index in [2.05, 4.69) is 15.3 Å². The van der Waals surface area contributed by atoms with Crippen molar-refractivity contribution in [3.63, 3.8) is 0 Å². The van der Waals surface area contributed by atoms with Gasteiger partial charge in [0.15, 0.2) is 0 Å². The van der Waals surface area contributed by atoms with Gasteiger partial charge in [-0.05, 0) is 36.6 Å². The minimum Gasteiger partial charge on any atom is -0.437 e. The molecule has 7 heteroatoms. The summed E-state index contributed by atoms with van der Waals surface area (Å²) in [5, 5.41) is 3.23. The van der Waals surface area contributed by atoms with Gasteiger partial charge >= 0.3 is 0 Å². The number of nitrogens with one attached hydrogen (secondary N) is 1. The lowest BCUT2D eigenvalue weighted by Gasteiger charge is -2.10. The molecule has 0 saturated heterocycles. The van der Waals surface area contributed by atoms with Gasteiger partial charge in [-0.3, -0.25) is 9.78 Å². The number of thioether (sulfide) groups is 1. The molecule has 0 radical (unpaired) electrons. The first-order valence-corrected chi connectivity index (χ1v) is 8.95. The van der Waals surface area contributed by atoms with E-state index < -0.39 is 0 Å². The molecule has 1 heterocycles. The highest BCUT2D eigenvalue weighted by molar-refractivity contribution is 7.98. The number of carbonyl (C=O) groups excluding carboxylic acids is 1. The van der Waals surface area contributed by atoms with E-state index in [0.717, 1.165) is 4.90 Å². The quantitative estimate of drug-likeness (QED) is 0.646. The van der Waals surface area contributed by atoms with Crippen molar-refractivity contribution in [1.29, 1.82) is 0 Å². The second-order valence-corrected chi connectivity index (χ2v) is 6.26. The lowest BCUT2D eigenvalue weighted by Crippen LogP contribution is -2.12. The Morgan fingerprint density at radius 1 is 1.20 bits per heavy atom. The van der Waals surface area contributed by atoms with Crippen LogP contribution < -0.4 is 10.1 Å². The molecule has 0 fully saturated rings. The molecule has 0 unspecified atom stereocenters. The molecular weight excluding hydrogens is 358 g/mol. The first-order chi connectivity index (χ1) is 12.2. The smallest absolute Gasteiger partial charge is 0.257 e. The largest absolute Gasteiger partial charge is 0.437 e. The molecule has 0 atom stereocenters. The van der Waals surface area contributed by atoms with Gasteiger partial charge in [0.05, 0.1) is 16.8 Å². The SMILES string of the molecule is CSc1ccc(Cl)c(C(=O)Nc2cccc(Oc3cnccn3)c2)c1. The summed E-state index contributed by atoms with van der Waals surface area (Å²) in [6.07, 6.45) is 6.56. The Balaban J connectivity index is 1.77. The summed E-state index contributed by atoms with van der Waals surface area (Å²) < 4.78 is 5.61. The number of rotatable bonds is 5. The maximum atomic E-state index is 12.5. The summed E-state index contributed by atoms with van der Waals surface area (Å²) in [5.74, 6) is 0.640. The van der Waals surface area contributed by atoms with Crippen molar-refractivity contribution in [2.24, 2.45) is 0 Å². The van der Waals surface area contributed by atoms with Gasteiger partial charge in [-0.15, -0.1) is 11.8 Å². The summed E-state index contributed by atoms with van der Waals surface area (Å²) in [7, 11) is 0. The van der Waals surface area contributed by atoms with Crippen LogP contribution in [0.2, 0.25) is 5.02 Å². The first kappa shape index (κ1) is 17.3. The standard InChI is InChI=1S/C18H14ClN3O2S/c1-25-14-5-6-16(19)15(10-14)18(23)22-12-3-2-4-13(9-12)24-17-11-20-7-8-21-17/h2-11H,1H3,(H,22,23). The van der Waals surface area contributed by atoms with E-state index in [-0.39, 0.29) is 5.91 Å². The van der Waals surface area contributed by atoms with E-state index in [1.807, 2.05) is 12.3 Å². The van der Waals surface area contributed by atoms with Gasteiger partial charge in [-0.1, -0.05) is 17.7 Å². The number of carbonyl (C=O) groups is 1. The van der Waals surface area contributed by atoms with Gasteiger partial charge in [0.2, 0.25) is 5.88 Å². The summed E-state index contributed by atoms with van der Waals surface area (Å²) in [4.78, 5) is 21.5. The minimum absolute atomic E-state index is 0.280. The van der Waals surface area contributed by atoms with Gasteiger partial charge in [0.1, 0.15) is 5.75 Å². The van der Waals surface area contributed by atoms with Crippen LogP contribution in [-0.2, 0) is 0 Å². The number of anilines is 1. The van der Waals surface area contributed by atoms with Crippen molar-refractivity contribution < 1.29 is 9.53 Å². The van der Waals surface area contributed by atoms with Gasteiger partial charge in [-0.2, -0.15) is 0 Å². The van der Waals surface area contributed by atoms with Crippen LogP contribution >= 0.6 is 23.4 Å². The van der Waals surface area contributed by atoms with Gasteiger partial charge in [-0.25, -0.2) is 4.98 Å². The highest BCUT2D eigenvalue weighted by Gasteiger charge is 2.12. The van der Waals surface area contributed by atoms with Crippen molar-refractivity contribution in [1.82, 2.24) is 9.97 Å². The Hall–Kier alpha value is -2.57. The maximum Gasteiger partial charge on any atom is 0.257 e. The Morgan fingerprint density at radius 3 is 2.84 bits per heavy atom. The molecular formula is C18H14ClN3O2S. The lowest BCUT2D eigenvalue weighted by molar-refractivity contribution is 0.102. The van der Waals surface area contributed by atoms with Crippen molar-refractivity contribution in [2.45, 2.75) is 4.90 Å². The number of hydrogen-bond donors (Lipinski definition) is 1. The average molecular weight is 372 g/mol. The van der Waals surface area contributed by atoms with E-state index in [4.69, 9.17) is 16.3 Å². The van der Waals surface area contributed by atoms with E-state index in [1.165, 1.54) is 6.20 Å². The number of nitrogens with zero attached hydrogens (tertiary/aromatic N) is 2. The Bertz CT molecular complexity index is 890. The monoisotopic (exact) mass is 371 g/mol. The molecule has 0 saturated carbocycles. The average Bonchev–Trinajstić information content (AvgIpc) is 2.63. The van der Waals surface area contributed by atoms with Crippen LogP contribution in [0.4, 0.5) is 5.69 Å². The molecule has 0 aliphatic rings. The molecule has 3 aromatic rings.